The van der Waals surface area contributed by atoms with Crippen molar-refractivity contribution in [2.75, 3.05) is 12.9 Å². The molecule has 0 fully saturated rings. The van der Waals surface area contributed by atoms with Crippen molar-refractivity contribution >= 4 is 25.8 Å². The highest BCUT2D eigenvalue weighted by Crippen LogP contribution is 2.27. The van der Waals surface area contributed by atoms with Gasteiger partial charge in [0.1, 0.15) is 5.75 Å². The smallest absolute Gasteiger partial charge is 0.181 e. The van der Waals surface area contributed by atoms with Crippen LogP contribution >= 0.6 is 15.9 Å². The number of rotatable bonds is 5. The maximum absolute atomic E-state index is 12.3. The summed E-state index contributed by atoms with van der Waals surface area (Å²) >= 11 is 3.26. The molecule has 0 bridgehead atoms. The van der Waals surface area contributed by atoms with E-state index in [4.69, 9.17) is 4.74 Å². The molecule has 21 heavy (non-hydrogen) atoms. The van der Waals surface area contributed by atoms with E-state index in [0.717, 1.165) is 4.47 Å². The average molecular weight is 371 g/mol. The number of sulfone groups is 1. The van der Waals surface area contributed by atoms with Gasteiger partial charge in [0.25, 0.3) is 0 Å². The van der Waals surface area contributed by atoms with E-state index in [0.29, 0.717) is 11.3 Å². The Labute approximate surface area is 132 Å². The molecule has 2 aromatic carbocycles. The number of aliphatic hydroxyl groups excluding tert-OH is 1. The standard InChI is InChI=1S/C15H15BrO4S/c1-20-15-5-3-2-4-13(15)14(17)10-21(18,19)12-8-6-11(16)7-9-12/h2-9,14,17H,10H2,1H3. The molecule has 0 radical (unpaired) electrons. The fourth-order valence-corrected chi connectivity index (χ4v) is 3.58. The summed E-state index contributed by atoms with van der Waals surface area (Å²) in [7, 11) is -2.09. The first kappa shape index (κ1) is 16.0. The molecule has 112 valence electrons. The zero-order chi connectivity index (χ0) is 15.5. The third-order valence-electron chi connectivity index (χ3n) is 3.05. The van der Waals surface area contributed by atoms with Crippen molar-refractivity contribution in [3.63, 3.8) is 0 Å². The van der Waals surface area contributed by atoms with Crippen molar-refractivity contribution in [3.05, 3.63) is 58.6 Å². The largest absolute Gasteiger partial charge is 0.496 e. The van der Waals surface area contributed by atoms with Gasteiger partial charge >= 0.3 is 0 Å². The summed E-state index contributed by atoms with van der Waals surface area (Å²) in [6.45, 7) is 0. The van der Waals surface area contributed by atoms with Gasteiger partial charge in [-0.2, -0.15) is 0 Å². The van der Waals surface area contributed by atoms with Gasteiger partial charge in [0.15, 0.2) is 9.84 Å². The van der Waals surface area contributed by atoms with Crippen LogP contribution in [0.25, 0.3) is 0 Å². The molecule has 6 heteroatoms. The second-order valence-corrected chi connectivity index (χ2v) is 7.44. The lowest BCUT2D eigenvalue weighted by Crippen LogP contribution is -2.15. The number of para-hydroxylation sites is 1. The van der Waals surface area contributed by atoms with Gasteiger partial charge in [0, 0.05) is 10.0 Å². The normalized spacial score (nSPS) is 12.9. The quantitative estimate of drug-likeness (QED) is 0.878. The molecule has 0 saturated carbocycles. The Bertz CT molecular complexity index is 711. The average Bonchev–Trinajstić information content (AvgIpc) is 2.47. The lowest BCUT2D eigenvalue weighted by Gasteiger charge is -2.15. The Morgan fingerprint density at radius 2 is 1.76 bits per heavy atom. The molecule has 0 amide bonds. The lowest BCUT2D eigenvalue weighted by molar-refractivity contribution is 0.196. The van der Waals surface area contributed by atoms with Gasteiger partial charge in [-0.1, -0.05) is 34.1 Å². The van der Waals surface area contributed by atoms with E-state index < -0.39 is 21.7 Å². The van der Waals surface area contributed by atoms with Crippen molar-refractivity contribution < 1.29 is 18.3 Å². The molecular formula is C15H15BrO4S. The highest BCUT2D eigenvalue weighted by Gasteiger charge is 2.22. The Balaban J connectivity index is 2.25. The molecule has 1 atom stereocenters. The summed E-state index contributed by atoms with van der Waals surface area (Å²) in [4.78, 5) is 0.180. The Hall–Kier alpha value is -1.37. The molecule has 1 unspecified atom stereocenters. The van der Waals surface area contributed by atoms with E-state index >= 15 is 0 Å². The predicted molar refractivity (Wildman–Crippen MR) is 84.1 cm³/mol. The molecule has 0 saturated heterocycles. The SMILES string of the molecule is COc1ccccc1C(O)CS(=O)(=O)c1ccc(Br)cc1. The van der Waals surface area contributed by atoms with Crippen LogP contribution in [0.3, 0.4) is 0 Å². The maximum Gasteiger partial charge on any atom is 0.181 e. The van der Waals surface area contributed by atoms with Gasteiger partial charge in [-0.05, 0) is 30.3 Å². The topological polar surface area (TPSA) is 63.6 Å². The second-order valence-electron chi connectivity index (χ2n) is 4.49. The van der Waals surface area contributed by atoms with E-state index in [2.05, 4.69) is 15.9 Å². The van der Waals surface area contributed by atoms with E-state index in [9.17, 15) is 13.5 Å². The van der Waals surface area contributed by atoms with Crippen LogP contribution in [0.4, 0.5) is 0 Å². The van der Waals surface area contributed by atoms with Crippen molar-refractivity contribution in [2.24, 2.45) is 0 Å². The number of halogens is 1. The van der Waals surface area contributed by atoms with Crippen LogP contribution in [0.1, 0.15) is 11.7 Å². The molecule has 0 aliphatic rings. The lowest BCUT2D eigenvalue weighted by atomic mass is 10.1. The first-order valence-corrected chi connectivity index (χ1v) is 8.68. The molecular weight excluding hydrogens is 356 g/mol. The minimum Gasteiger partial charge on any atom is -0.496 e. The van der Waals surface area contributed by atoms with Crippen LogP contribution in [0.2, 0.25) is 0 Å². The van der Waals surface area contributed by atoms with Crippen molar-refractivity contribution in [1.29, 1.82) is 0 Å². The van der Waals surface area contributed by atoms with E-state index in [1.165, 1.54) is 19.2 Å². The fourth-order valence-electron chi connectivity index (χ4n) is 1.98. The van der Waals surface area contributed by atoms with Crippen LogP contribution in [0.5, 0.6) is 5.75 Å². The zero-order valence-electron chi connectivity index (χ0n) is 11.4. The summed E-state index contributed by atoms with van der Waals surface area (Å²) in [5.41, 5.74) is 0.459. The van der Waals surface area contributed by atoms with Gasteiger partial charge < -0.3 is 9.84 Å². The molecule has 4 nitrogen and oxygen atoms in total. The van der Waals surface area contributed by atoms with E-state index in [-0.39, 0.29) is 4.90 Å². The van der Waals surface area contributed by atoms with E-state index in [1.807, 2.05) is 0 Å². The van der Waals surface area contributed by atoms with Crippen molar-refractivity contribution in [3.8, 4) is 5.75 Å². The number of methoxy groups -OCH3 is 1. The van der Waals surface area contributed by atoms with Crippen LogP contribution < -0.4 is 4.74 Å². The first-order chi connectivity index (χ1) is 9.94. The number of hydrogen-bond acceptors (Lipinski definition) is 4. The highest BCUT2D eigenvalue weighted by molar-refractivity contribution is 9.10. The fraction of sp³-hybridized carbons (Fsp3) is 0.200. The minimum absolute atomic E-state index is 0.180. The van der Waals surface area contributed by atoms with E-state index in [1.54, 1.807) is 36.4 Å². The summed E-state index contributed by atoms with van der Waals surface area (Å²) < 4.78 is 30.6. The predicted octanol–water partition coefficient (Wildman–Crippen LogP) is 2.97. The van der Waals surface area contributed by atoms with Crippen LogP contribution in [-0.2, 0) is 9.84 Å². The monoisotopic (exact) mass is 370 g/mol. The summed E-state index contributed by atoms with van der Waals surface area (Å²) in [6, 6.07) is 13.2. The summed E-state index contributed by atoms with van der Waals surface area (Å²) in [5.74, 6) is 0.0747. The van der Waals surface area contributed by atoms with Gasteiger partial charge in [-0.25, -0.2) is 8.42 Å². The minimum atomic E-state index is -3.58. The number of benzene rings is 2. The molecule has 0 aliphatic heterocycles. The molecule has 0 spiro atoms. The summed E-state index contributed by atoms with van der Waals surface area (Å²) in [5, 5.41) is 10.2. The second kappa shape index (κ2) is 6.60. The number of hydrogen-bond donors (Lipinski definition) is 1. The van der Waals surface area contributed by atoms with Crippen LogP contribution in [0, 0.1) is 0 Å². The molecule has 2 rings (SSSR count). The molecule has 1 N–H and O–H groups in total. The molecule has 2 aromatic rings. The Morgan fingerprint density at radius 3 is 2.38 bits per heavy atom. The van der Waals surface area contributed by atoms with Crippen LogP contribution in [-0.4, -0.2) is 26.4 Å². The highest BCUT2D eigenvalue weighted by atomic mass is 79.9. The van der Waals surface area contributed by atoms with Crippen molar-refractivity contribution in [1.82, 2.24) is 0 Å². The third kappa shape index (κ3) is 3.84. The zero-order valence-corrected chi connectivity index (χ0v) is 13.8. The maximum atomic E-state index is 12.3. The summed E-state index contributed by atoms with van der Waals surface area (Å²) in [6.07, 6.45) is -1.14. The Kier molecular flexibility index (Phi) is 5.03. The van der Waals surface area contributed by atoms with Crippen LogP contribution in [0.15, 0.2) is 57.9 Å². The van der Waals surface area contributed by atoms with Crippen molar-refractivity contribution in [2.45, 2.75) is 11.0 Å². The number of ether oxygens (including phenoxy) is 1. The van der Waals surface area contributed by atoms with Gasteiger partial charge in [0.2, 0.25) is 0 Å². The Morgan fingerprint density at radius 1 is 1.14 bits per heavy atom. The first-order valence-electron chi connectivity index (χ1n) is 6.23. The molecule has 0 heterocycles. The van der Waals surface area contributed by atoms with Gasteiger partial charge in [-0.3, -0.25) is 0 Å². The van der Waals surface area contributed by atoms with Gasteiger partial charge in [-0.15, -0.1) is 0 Å². The third-order valence-corrected chi connectivity index (χ3v) is 5.32. The molecule has 0 aliphatic carbocycles. The van der Waals surface area contributed by atoms with Gasteiger partial charge in [0.05, 0.1) is 23.9 Å². The number of aliphatic hydroxyl groups is 1. The molecule has 0 aromatic heterocycles.